The summed E-state index contributed by atoms with van der Waals surface area (Å²) in [4.78, 5) is 11.4. The maximum Gasteiger partial charge on any atom is 0.182 e. The number of benzene rings is 1. The Morgan fingerprint density at radius 1 is 1.17 bits per heavy atom. The summed E-state index contributed by atoms with van der Waals surface area (Å²) in [5.41, 5.74) is 9.00. The standard InChI is InChI=1S/C14H13N3O/c1-9-5-13(18)6-10(2)17(9)14-4-3-12(16)7-11(14)8-15/h3-7H,16H2,1-2H3. The second-order valence-corrected chi connectivity index (χ2v) is 4.20. The SMILES string of the molecule is Cc1cc(=O)cc(C)n1-c1ccc(N)cc1C#N. The van der Waals surface area contributed by atoms with Gasteiger partial charge in [0.15, 0.2) is 5.43 Å². The summed E-state index contributed by atoms with van der Waals surface area (Å²) in [6, 6.07) is 10.4. The minimum absolute atomic E-state index is 0.0322. The Balaban J connectivity index is 2.78. The molecule has 0 saturated heterocycles. The number of nitrogens with zero attached hydrogens (tertiary/aromatic N) is 2. The fourth-order valence-electron chi connectivity index (χ4n) is 2.08. The fourth-order valence-corrected chi connectivity index (χ4v) is 2.08. The third kappa shape index (κ3) is 1.98. The van der Waals surface area contributed by atoms with E-state index in [2.05, 4.69) is 6.07 Å². The molecule has 2 aromatic rings. The van der Waals surface area contributed by atoms with E-state index in [0.29, 0.717) is 11.3 Å². The molecule has 0 aliphatic carbocycles. The normalized spacial score (nSPS) is 10.1. The highest BCUT2D eigenvalue weighted by molar-refractivity contribution is 5.57. The fraction of sp³-hybridized carbons (Fsp3) is 0.143. The number of nitrogen functional groups attached to an aromatic ring is 1. The number of pyridine rings is 1. The molecule has 90 valence electrons. The van der Waals surface area contributed by atoms with E-state index in [9.17, 15) is 4.79 Å². The Morgan fingerprint density at radius 2 is 1.78 bits per heavy atom. The number of nitriles is 1. The van der Waals surface area contributed by atoms with Crippen molar-refractivity contribution in [3.8, 4) is 11.8 Å². The van der Waals surface area contributed by atoms with Gasteiger partial charge in [0.1, 0.15) is 6.07 Å². The summed E-state index contributed by atoms with van der Waals surface area (Å²) in [5.74, 6) is 0. The van der Waals surface area contributed by atoms with Gasteiger partial charge in [0.25, 0.3) is 0 Å². The molecule has 4 heteroatoms. The quantitative estimate of drug-likeness (QED) is 0.772. The molecule has 1 aromatic heterocycles. The van der Waals surface area contributed by atoms with Crippen LogP contribution in [0, 0.1) is 25.2 Å². The van der Waals surface area contributed by atoms with Gasteiger partial charge in [-0.3, -0.25) is 4.79 Å². The van der Waals surface area contributed by atoms with Crippen molar-refractivity contribution in [1.82, 2.24) is 4.57 Å². The average molecular weight is 239 g/mol. The largest absolute Gasteiger partial charge is 0.399 e. The number of aryl methyl sites for hydroxylation is 2. The zero-order chi connectivity index (χ0) is 13.3. The van der Waals surface area contributed by atoms with Crippen LogP contribution in [-0.2, 0) is 0 Å². The molecule has 4 nitrogen and oxygen atoms in total. The van der Waals surface area contributed by atoms with Crippen LogP contribution >= 0.6 is 0 Å². The van der Waals surface area contributed by atoms with Gasteiger partial charge in [0.05, 0.1) is 11.3 Å². The third-order valence-corrected chi connectivity index (χ3v) is 2.79. The van der Waals surface area contributed by atoms with Gasteiger partial charge in [-0.25, -0.2) is 0 Å². The Labute approximate surface area is 105 Å². The lowest BCUT2D eigenvalue weighted by molar-refractivity contribution is 0.919. The van der Waals surface area contributed by atoms with Gasteiger partial charge >= 0.3 is 0 Å². The monoisotopic (exact) mass is 239 g/mol. The topological polar surface area (TPSA) is 71.8 Å². The van der Waals surface area contributed by atoms with Gasteiger partial charge in [-0.15, -0.1) is 0 Å². The first-order valence-corrected chi connectivity index (χ1v) is 5.53. The first kappa shape index (κ1) is 11.9. The maximum atomic E-state index is 11.4. The van der Waals surface area contributed by atoms with Crippen LogP contribution in [0.2, 0.25) is 0 Å². The summed E-state index contributed by atoms with van der Waals surface area (Å²) >= 11 is 0. The minimum Gasteiger partial charge on any atom is -0.399 e. The molecule has 1 heterocycles. The van der Waals surface area contributed by atoms with Crippen LogP contribution in [0.5, 0.6) is 0 Å². The molecule has 0 amide bonds. The molecule has 0 atom stereocenters. The van der Waals surface area contributed by atoms with Gasteiger partial charge < -0.3 is 10.3 Å². The molecule has 0 saturated carbocycles. The van der Waals surface area contributed by atoms with Crippen LogP contribution in [0.15, 0.2) is 35.1 Å². The van der Waals surface area contributed by atoms with Crippen molar-refractivity contribution < 1.29 is 0 Å². The first-order chi connectivity index (χ1) is 8.52. The van der Waals surface area contributed by atoms with Gasteiger partial charge in [0.2, 0.25) is 0 Å². The summed E-state index contributed by atoms with van der Waals surface area (Å²) in [6.07, 6.45) is 0. The van der Waals surface area contributed by atoms with E-state index >= 15 is 0 Å². The number of hydrogen-bond acceptors (Lipinski definition) is 3. The highest BCUT2D eigenvalue weighted by atomic mass is 16.1. The zero-order valence-corrected chi connectivity index (χ0v) is 10.3. The Morgan fingerprint density at radius 3 is 2.33 bits per heavy atom. The number of nitrogens with two attached hydrogens (primary N) is 1. The molecular formula is C14H13N3O. The molecule has 0 fully saturated rings. The van der Waals surface area contributed by atoms with E-state index in [4.69, 9.17) is 11.0 Å². The predicted molar refractivity (Wildman–Crippen MR) is 70.6 cm³/mol. The Kier molecular flexibility index (Phi) is 2.90. The highest BCUT2D eigenvalue weighted by Gasteiger charge is 2.09. The van der Waals surface area contributed by atoms with E-state index in [-0.39, 0.29) is 5.43 Å². The van der Waals surface area contributed by atoms with Gasteiger partial charge in [0, 0.05) is 29.2 Å². The maximum absolute atomic E-state index is 11.4. The second-order valence-electron chi connectivity index (χ2n) is 4.20. The molecule has 0 unspecified atom stereocenters. The molecule has 0 aliphatic heterocycles. The van der Waals surface area contributed by atoms with E-state index < -0.39 is 0 Å². The number of hydrogen-bond donors (Lipinski definition) is 1. The molecular weight excluding hydrogens is 226 g/mol. The van der Waals surface area contributed by atoms with E-state index in [1.165, 1.54) is 0 Å². The summed E-state index contributed by atoms with van der Waals surface area (Å²) in [6.45, 7) is 3.68. The first-order valence-electron chi connectivity index (χ1n) is 5.53. The van der Waals surface area contributed by atoms with Gasteiger partial charge in [-0.2, -0.15) is 5.26 Å². The van der Waals surface area contributed by atoms with Crippen molar-refractivity contribution in [2.24, 2.45) is 0 Å². The number of aromatic nitrogens is 1. The van der Waals surface area contributed by atoms with E-state index in [1.807, 2.05) is 18.4 Å². The third-order valence-electron chi connectivity index (χ3n) is 2.79. The van der Waals surface area contributed by atoms with Crippen LogP contribution in [-0.4, -0.2) is 4.57 Å². The molecule has 2 N–H and O–H groups in total. The number of rotatable bonds is 1. The van der Waals surface area contributed by atoms with E-state index in [0.717, 1.165) is 17.1 Å². The minimum atomic E-state index is -0.0322. The zero-order valence-electron chi connectivity index (χ0n) is 10.3. The van der Waals surface area contributed by atoms with Crippen LogP contribution in [0.3, 0.4) is 0 Å². The van der Waals surface area contributed by atoms with Gasteiger partial charge in [-0.05, 0) is 32.0 Å². The predicted octanol–water partition coefficient (Wildman–Crippen LogP) is 1.91. The Bertz CT molecular complexity index is 682. The lowest BCUT2D eigenvalue weighted by Gasteiger charge is -2.15. The van der Waals surface area contributed by atoms with Crippen molar-refractivity contribution in [3.05, 3.63) is 57.5 Å². The molecule has 0 bridgehead atoms. The molecule has 0 spiro atoms. The lowest BCUT2D eigenvalue weighted by Crippen LogP contribution is -2.12. The highest BCUT2D eigenvalue weighted by Crippen LogP contribution is 2.20. The van der Waals surface area contributed by atoms with Crippen LogP contribution in [0.4, 0.5) is 5.69 Å². The summed E-state index contributed by atoms with van der Waals surface area (Å²) in [7, 11) is 0. The van der Waals surface area contributed by atoms with Crippen LogP contribution in [0.25, 0.3) is 5.69 Å². The molecule has 0 aliphatic rings. The van der Waals surface area contributed by atoms with Gasteiger partial charge in [-0.1, -0.05) is 0 Å². The summed E-state index contributed by atoms with van der Waals surface area (Å²) < 4.78 is 1.87. The average Bonchev–Trinajstić information content (AvgIpc) is 2.29. The smallest absolute Gasteiger partial charge is 0.182 e. The molecule has 0 radical (unpaired) electrons. The molecule has 18 heavy (non-hydrogen) atoms. The van der Waals surface area contributed by atoms with Crippen molar-refractivity contribution >= 4 is 5.69 Å². The van der Waals surface area contributed by atoms with Crippen molar-refractivity contribution in [1.29, 1.82) is 5.26 Å². The van der Waals surface area contributed by atoms with Crippen LogP contribution in [0.1, 0.15) is 17.0 Å². The Hall–Kier alpha value is -2.54. The van der Waals surface area contributed by atoms with Crippen molar-refractivity contribution in [2.45, 2.75) is 13.8 Å². The van der Waals surface area contributed by atoms with Crippen LogP contribution < -0.4 is 11.2 Å². The van der Waals surface area contributed by atoms with Crippen molar-refractivity contribution in [2.75, 3.05) is 5.73 Å². The lowest BCUT2D eigenvalue weighted by atomic mass is 10.1. The molecule has 1 aromatic carbocycles. The second kappa shape index (κ2) is 4.38. The van der Waals surface area contributed by atoms with E-state index in [1.54, 1.807) is 30.3 Å². The summed E-state index contributed by atoms with van der Waals surface area (Å²) in [5, 5.41) is 9.16. The number of anilines is 1. The van der Waals surface area contributed by atoms with Crippen molar-refractivity contribution in [3.63, 3.8) is 0 Å². The molecule has 2 rings (SSSR count).